The zero-order valence-electron chi connectivity index (χ0n) is 20.7. The summed E-state index contributed by atoms with van der Waals surface area (Å²) < 4.78 is 10.6. The molecule has 2 aromatic carbocycles. The minimum Gasteiger partial charge on any atom is -0.459 e. The smallest absolute Gasteiger partial charge is 0.410 e. The van der Waals surface area contributed by atoms with Crippen LogP contribution < -0.4 is 16.6 Å². The van der Waals surface area contributed by atoms with Crippen LogP contribution in [0.25, 0.3) is 11.3 Å². The van der Waals surface area contributed by atoms with E-state index in [2.05, 4.69) is 33.0 Å². The molecule has 1 saturated heterocycles. The predicted octanol–water partition coefficient (Wildman–Crippen LogP) is 4.59. The van der Waals surface area contributed by atoms with E-state index in [0.717, 1.165) is 29.5 Å². The average molecular weight is 513 g/mol. The molecule has 0 bridgehead atoms. The number of nitrogens with two attached hydrogens (primary N) is 1. The lowest BCUT2D eigenvalue weighted by Gasteiger charge is -2.31. The Morgan fingerprint density at radius 3 is 2.58 bits per heavy atom. The highest BCUT2D eigenvalue weighted by Gasteiger charge is 2.25. The summed E-state index contributed by atoms with van der Waals surface area (Å²) in [6.07, 6.45) is 2.81. The monoisotopic (exact) mass is 512 g/mol. The largest absolute Gasteiger partial charge is 0.459 e. The summed E-state index contributed by atoms with van der Waals surface area (Å²) in [6, 6.07) is 22.7. The SMILES string of the molecule is Nc1nc(NNC(=O)c2ccco2)cc(-c2cccc(C3CCN(C(=O)OCc4ccccc4)CC3)c2)n1. The highest BCUT2D eigenvalue weighted by Crippen LogP contribution is 2.31. The molecule has 194 valence electrons. The van der Waals surface area contributed by atoms with Crippen molar-refractivity contribution in [2.75, 3.05) is 24.2 Å². The Balaban J connectivity index is 1.19. The second-order valence-electron chi connectivity index (χ2n) is 8.98. The van der Waals surface area contributed by atoms with Gasteiger partial charge in [-0.2, -0.15) is 4.98 Å². The van der Waals surface area contributed by atoms with Crippen LogP contribution >= 0.6 is 0 Å². The van der Waals surface area contributed by atoms with E-state index in [1.165, 1.54) is 6.26 Å². The lowest BCUT2D eigenvalue weighted by molar-refractivity contribution is 0.0869. The minimum absolute atomic E-state index is 0.0740. The van der Waals surface area contributed by atoms with Gasteiger partial charge in [0.05, 0.1) is 12.0 Å². The van der Waals surface area contributed by atoms with Crippen LogP contribution in [0.4, 0.5) is 16.6 Å². The fourth-order valence-corrected chi connectivity index (χ4v) is 4.43. The molecular formula is C28H28N6O4. The van der Waals surface area contributed by atoms with Gasteiger partial charge in [0.1, 0.15) is 6.61 Å². The molecule has 0 spiro atoms. The summed E-state index contributed by atoms with van der Waals surface area (Å²) in [4.78, 5) is 34.9. The topological polar surface area (TPSA) is 136 Å². The van der Waals surface area contributed by atoms with Gasteiger partial charge in [-0.05, 0) is 48.1 Å². The van der Waals surface area contributed by atoms with Gasteiger partial charge in [-0.3, -0.25) is 15.6 Å². The predicted molar refractivity (Wildman–Crippen MR) is 142 cm³/mol. The van der Waals surface area contributed by atoms with Gasteiger partial charge in [0.25, 0.3) is 0 Å². The number of carbonyl (C=O) groups is 2. The van der Waals surface area contributed by atoms with E-state index < -0.39 is 5.91 Å². The number of nitrogens with one attached hydrogen (secondary N) is 2. The van der Waals surface area contributed by atoms with E-state index in [1.807, 2.05) is 42.5 Å². The van der Waals surface area contributed by atoms with E-state index in [9.17, 15) is 9.59 Å². The van der Waals surface area contributed by atoms with Gasteiger partial charge in [-0.1, -0.05) is 48.5 Å². The number of likely N-dealkylation sites (tertiary alicyclic amines) is 1. The lowest BCUT2D eigenvalue weighted by Crippen LogP contribution is -2.38. The zero-order valence-corrected chi connectivity index (χ0v) is 20.7. The molecule has 0 atom stereocenters. The second kappa shape index (κ2) is 11.5. The summed E-state index contributed by atoms with van der Waals surface area (Å²) >= 11 is 0. The molecule has 4 aromatic rings. The molecule has 4 N–H and O–H groups in total. The van der Waals surface area contributed by atoms with E-state index in [0.29, 0.717) is 30.5 Å². The van der Waals surface area contributed by atoms with Crippen LogP contribution in [0.5, 0.6) is 0 Å². The van der Waals surface area contributed by atoms with Gasteiger partial charge in [0, 0.05) is 24.7 Å². The highest BCUT2D eigenvalue weighted by molar-refractivity contribution is 5.92. The number of furan rings is 1. The summed E-state index contributed by atoms with van der Waals surface area (Å²) in [7, 11) is 0. The molecule has 1 aliphatic rings. The van der Waals surface area contributed by atoms with E-state index in [1.54, 1.807) is 23.1 Å². The van der Waals surface area contributed by atoms with Crippen LogP contribution in [-0.4, -0.2) is 40.0 Å². The van der Waals surface area contributed by atoms with Crippen LogP contribution in [0.3, 0.4) is 0 Å². The quantitative estimate of drug-likeness (QED) is 0.306. The van der Waals surface area contributed by atoms with Gasteiger partial charge in [0.15, 0.2) is 11.6 Å². The zero-order chi connectivity index (χ0) is 26.3. The molecule has 38 heavy (non-hydrogen) atoms. The first kappa shape index (κ1) is 24.8. The Hall–Kier alpha value is -4.86. The number of hydrazine groups is 1. The maximum atomic E-state index is 12.5. The van der Waals surface area contributed by atoms with Crippen LogP contribution in [0, 0.1) is 0 Å². The molecule has 10 heteroatoms. The Morgan fingerprint density at radius 1 is 1.00 bits per heavy atom. The van der Waals surface area contributed by atoms with Crippen LogP contribution in [0.2, 0.25) is 0 Å². The number of anilines is 2. The Kier molecular flexibility index (Phi) is 7.49. The number of nitrogen functional groups attached to an aromatic ring is 1. The number of hydrogen-bond donors (Lipinski definition) is 3. The first-order valence-corrected chi connectivity index (χ1v) is 12.4. The molecule has 0 radical (unpaired) electrons. The van der Waals surface area contributed by atoms with Crippen molar-refractivity contribution < 1.29 is 18.7 Å². The van der Waals surface area contributed by atoms with E-state index in [4.69, 9.17) is 14.9 Å². The number of hydrogen-bond acceptors (Lipinski definition) is 8. The molecule has 2 amide bonds. The number of benzene rings is 2. The van der Waals surface area contributed by atoms with Crippen molar-refractivity contribution in [1.29, 1.82) is 0 Å². The van der Waals surface area contributed by atoms with Gasteiger partial charge in [0.2, 0.25) is 5.95 Å². The Morgan fingerprint density at radius 2 is 1.82 bits per heavy atom. The number of nitrogens with zero attached hydrogens (tertiary/aromatic N) is 3. The summed E-state index contributed by atoms with van der Waals surface area (Å²) in [6.45, 7) is 1.53. The van der Waals surface area contributed by atoms with E-state index >= 15 is 0 Å². The fourth-order valence-electron chi connectivity index (χ4n) is 4.43. The third-order valence-corrected chi connectivity index (χ3v) is 6.40. The number of amides is 2. The van der Waals surface area contributed by atoms with Crippen molar-refractivity contribution >= 4 is 23.8 Å². The molecular weight excluding hydrogens is 484 g/mol. The third kappa shape index (κ3) is 6.09. The van der Waals surface area contributed by atoms with E-state index in [-0.39, 0.29) is 24.4 Å². The van der Waals surface area contributed by atoms with Crippen molar-refractivity contribution in [3.05, 3.63) is 95.9 Å². The molecule has 0 saturated carbocycles. The normalized spacial score (nSPS) is 13.6. The fraction of sp³-hybridized carbons (Fsp3) is 0.214. The second-order valence-corrected chi connectivity index (χ2v) is 8.98. The molecule has 1 fully saturated rings. The molecule has 0 aliphatic carbocycles. The Labute approximate surface area is 219 Å². The summed E-state index contributed by atoms with van der Waals surface area (Å²) in [5.74, 6) is 0.455. The standard InChI is InChI=1S/C28H28N6O4/c29-27-30-23(17-25(31-27)32-33-26(35)24-10-5-15-37-24)22-9-4-8-21(16-22)20-11-13-34(14-12-20)28(36)38-18-19-6-2-1-3-7-19/h1-10,15-17,20H,11-14,18H2,(H,33,35)(H3,29,30,31,32). The van der Waals surface area contributed by atoms with Crippen molar-refractivity contribution in [1.82, 2.24) is 20.3 Å². The van der Waals surface area contributed by atoms with Crippen molar-refractivity contribution in [2.45, 2.75) is 25.4 Å². The summed E-state index contributed by atoms with van der Waals surface area (Å²) in [5.41, 5.74) is 14.9. The molecule has 10 nitrogen and oxygen atoms in total. The van der Waals surface area contributed by atoms with Gasteiger partial charge in [-0.15, -0.1) is 0 Å². The van der Waals surface area contributed by atoms with Gasteiger partial charge < -0.3 is 19.8 Å². The van der Waals surface area contributed by atoms with Crippen molar-refractivity contribution in [3.8, 4) is 11.3 Å². The number of rotatable bonds is 7. The average Bonchev–Trinajstić information content (AvgIpc) is 3.51. The maximum Gasteiger partial charge on any atom is 0.410 e. The van der Waals surface area contributed by atoms with Crippen LogP contribution in [-0.2, 0) is 11.3 Å². The molecule has 0 unspecified atom stereocenters. The van der Waals surface area contributed by atoms with Crippen LogP contribution in [0.15, 0.2) is 83.5 Å². The summed E-state index contributed by atoms with van der Waals surface area (Å²) in [5, 5.41) is 0. The maximum absolute atomic E-state index is 12.5. The van der Waals surface area contributed by atoms with Crippen LogP contribution in [0.1, 0.15) is 40.4 Å². The van der Waals surface area contributed by atoms with Gasteiger partial charge >= 0.3 is 12.0 Å². The number of piperidine rings is 1. The number of ether oxygens (including phenoxy) is 1. The lowest BCUT2D eigenvalue weighted by atomic mass is 9.88. The molecule has 1 aliphatic heterocycles. The molecule has 2 aromatic heterocycles. The number of carbonyl (C=O) groups excluding carboxylic acids is 2. The minimum atomic E-state index is -0.439. The first-order chi connectivity index (χ1) is 18.5. The molecule has 3 heterocycles. The van der Waals surface area contributed by atoms with Crippen molar-refractivity contribution in [3.63, 3.8) is 0 Å². The third-order valence-electron chi connectivity index (χ3n) is 6.40. The van der Waals surface area contributed by atoms with Crippen molar-refractivity contribution in [2.24, 2.45) is 0 Å². The Bertz CT molecular complexity index is 1390. The number of aromatic nitrogens is 2. The highest BCUT2D eigenvalue weighted by atomic mass is 16.6. The molecule has 5 rings (SSSR count). The van der Waals surface area contributed by atoms with Gasteiger partial charge in [-0.25, -0.2) is 9.78 Å². The first-order valence-electron chi connectivity index (χ1n) is 12.4.